The van der Waals surface area contributed by atoms with Gasteiger partial charge in [0.25, 0.3) is 0 Å². The van der Waals surface area contributed by atoms with Gasteiger partial charge in [-0.25, -0.2) is 9.59 Å². The minimum atomic E-state index is -0.938. The molecule has 1 atom stereocenters. The summed E-state index contributed by atoms with van der Waals surface area (Å²) in [5, 5.41) is 14.5. The zero-order chi connectivity index (χ0) is 17.3. The number of benzene rings is 1. The van der Waals surface area contributed by atoms with E-state index < -0.39 is 23.9 Å². The van der Waals surface area contributed by atoms with Gasteiger partial charge in [-0.1, -0.05) is 30.3 Å². The Hall–Kier alpha value is -2.28. The van der Waals surface area contributed by atoms with Gasteiger partial charge < -0.3 is 25.2 Å². The lowest BCUT2D eigenvalue weighted by Gasteiger charge is -2.20. The molecule has 128 valence electrons. The van der Waals surface area contributed by atoms with Crippen molar-refractivity contribution in [1.82, 2.24) is 10.6 Å². The second kappa shape index (κ2) is 8.99. The van der Waals surface area contributed by atoms with Crippen molar-refractivity contribution in [2.45, 2.75) is 39.1 Å². The molecule has 0 aliphatic rings. The first-order chi connectivity index (χ1) is 10.8. The number of hydrogen-bond donors (Lipinski definition) is 3. The van der Waals surface area contributed by atoms with Gasteiger partial charge in [-0.15, -0.1) is 0 Å². The molecule has 23 heavy (non-hydrogen) atoms. The maximum atomic E-state index is 11.5. The lowest BCUT2D eigenvalue weighted by Crippen LogP contribution is -2.41. The van der Waals surface area contributed by atoms with Gasteiger partial charge in [-0.2, -0.15) is 0 Å². The Morgan fingerprint density at radius 1 is 1.09 bits per heavy atom. The van der Waals surface area contributed by atoms with Gasteiger partial charge in [-0.05, 0) is 26.3 Å². The quantitative estimate of drug-likeness (QED) is 0.741. The summed E-state index contributed by atoms with van der Waals surface area (Å²) in [7, 11) is 0. The number of carbonyl (C=O) groups is 2. The van der Waals surface area contributed by atoms with E-state index in [0.29, 0.717) is 0 Å². The van der Waals surface area contributed by atoms with E-state index in [1.54, 1.807) is 20.8 Å². The van der Waals surface area contributed by atoms with Crippen LogP contribution < -0.4 is 10.6 Å². The van der Waals surface area contributed by atoms with Gasteiger partial charge in [0, 0.05) is 13.1 Å². The highest BCUT2D eigenvalue weighted by Crippen LogP contribution is 2.06. The molecule has 0 aliphatic heterocycles. The minimum Gasteiger partial charge on any atom is -0.445 e. The van der Waals surface area contributed by atoms with Crippen molar-refractivity contribution in [1.29, 1.82) is 0 Å². The summed E-state index contributed by atoms with van der Waals surface area (Å²) in [6.07, 6.45) is -2.19. The van der Waals surface area contributed by atoms with E-state index in [0.717, 1.165) is 5.56 Å². The first-order valence-electron chi connectivity index (χ1n) is 7.36. The predicted octanol–water partition coefficient (Wildman–Crippen LogP) is 1.80. The average molecular weight is 324 g/mol. The van der Waals surface area contributed by atoms with Gasteiger partial charge in [0.1, 0.15) is 12.2 Å². The van der Waals surface area contributed by atoms with E-state index in [-0.39, 0.29) is 19.7 Å². The summed E-state index contributed by atoms with van der Waals surface area (Å²) in [5.41, 5.74) is 0.268. The van der Waals surface area contributed by atoms with Crippen LogP contribution >= 0.6 is 0 Å². The SMILES string of the molecule is CC(C)(C)OC(=O)NC[C@H](O)CNC(=O)OCc1ccccc1. The monoisotopic (exact) mass is 324 g/mol. The number of rotatable bonds is 6. The smallest absolute Gasteiger partial charge is 0.407 e. The highest BCUT2D eigenvalue weighted by atomic mass is 16.6. The Kier molecular flexibility index (Phi) is 7.34. The van der Waals surface area contributed by atoms with Gasteiger partial charge in [-0.3, -0.25) is 0 Å². The predicted molar refractivity (Wildman–Crippen MR) is 84.9 cm³/mol. The van der Waals surface area contributed by atoms with Crippen LogP contribution in [0.5, 0.6) is 0 Å². The van der Waals surface area contributed by atoms with Crippen LogP contribution in [-0.4, -0.2) is 42.1 Å². The third-order valence-corrected chi connectivity index (χ3v) is 2.58. The fourth-order valence-corrected chi connectivity index (χ4v) is 1.56. The summed E-state index contributed by atoms with van der Waals surface area (Å²) in [6, 6.07) is 9.25. The van der Waals surface area contributed by atoms with Gasteiger partial charge in [0.05, 0.1) is 6.10 Å². The molecule has 0 saturated heterocycles. The maximum Gasteiger partial charge on any atom is 0.407 e. The third kappa shape index (κ3) is 9.36. The molecule has 0 heterocycles. The molecule has 0 bridgehead atoms. The molecule has 3 N–H and O–H groups in total. The van der Waals surface area contributed by atoms with Crippen LogP contribution in [0.15, 0.2) is 30.3 Å². The van der Waals surface area contributed by atoms with Crippen LogP contribution in [0.3, 0.4) is 0 Å². The van der Waals surface area contributed by atoms with E-state index in [1.165, 1.54) is 0 Å². The first-order valence-corrected chi connectivity index (χ1v) is 7.36. The van der Waals surface area contributed by atoms with E-state index in [4.69, 9.17) is 9.47 Å². The lowest BCUT2D eigenvalue weighted by atomic mass is 10.2. The summed E-state index contributed by atoms with van der Waals surface area (Å²) in [6.45, 7) is 5.31. The highest BCUT2D eigenvalue weighted by Gasteiger charge is 2.17. The maximum absolute atomic E-state index is 11.5. The second-order valence-electron chi connectivity index (χ2n) is 5.98. The molecule has 1 rings (SSSR count). The van der Waals surface area contributed by atoms with Gasteiger partial charge in [0.2, 0.25) is 0 Å². The van der Waals surface area contributed by atoms with Crippen molar-refractivity contribution < 1.29 is 24.2 Å². The molecule has 0 saturated carbocycles. The molecule has 0 aliphatic carbocycles. The fraction of sp³-hybridized carbons (Fsp3) is 0.500. The summed E-state index contributed by atoms with van der Waals surface area (Å²) < 4.78 is 10.0. The number of aliphatic hydroxyl groups excluding tert-OH is 1. The highest BCUT2D eigenvalue weighted by molar-refractivity contribution is 5.68. The Morgan fingerprint density at radius 3 is 2.22 bits per heavy atom. The molecule has 0 fully saturated rings. The standard InChI is InChI=1S/C16H24N2O5/c1-16(2,3)23-15(21)18-10-13(19)9-17-14(20)22-11-12-7-5-4-6-8-12/h4-8,13,19H,9-11H2,1-3H3,(H,17,20)(H,18,21)/t13-/m1/s1. The van der Waals surface area contributed by atoms with Gasteiger partial charge >= 0.3 is 12.2 Å². The van der Waals surface area contributed by atoms with Gasteiger partial charge in [0.15, 0.2) is 0 Å². The number of ether oxygens (including phenoxy) is 2. The molecule has 7 heteroatoms. The third-order valence-electron chi connectivity index (χ3n) is 2.58. The molecule has 0 unspecified atom stereocenters. The molecule has 1 aromatic carbocycles. The number of carbonyl (C=O) groups excluding carboxylic acids is 2. The van der Waals surface area contributed by atoms with E-state index in [1.807, 2.05) is 30.3 Å². The minimum absolute atomic E-state index is 0.0339. The first kappa shape index (κ1) is 18.8. The fourth-order valence-electron chi connectivity index (χ4n) is 1.56. The number of nitrogens with one attached hydrogen (secondary N) is 2. The summed E-state index contributed by atoms with van der Waals surface area (Å²) >= 11 is 0. The number of hydrogen-bond acceptors (Lipinski definition) is 5. The van der Waals surface area contributed by atoms with Crippen LogP contribution in [0.1, 0.15) is 26.3 Å². The van der Waals surface area contributed by atoms with Crippen LogP contribution in [0, 0.1) is 0 Å². The average Bonchev–Trinajstić information content (AvgIpc) is 2.48. The van der Waals surface area contributed by atoms with E-state index in [2.05, 4.69) is 10.6 Å². The molecule has 1 aromatic rings. The Labute approximate surface area is 136 Å². The van der Waals surface area contributed by atoms with Crippen molar-refractivity contribution in [3.63, 3.8) is 0 Å². The van der Waals surface area contributed by atoms with Crippen LogP contribution in [0.4, 0.5) is 9.59 Å². The molecule has 0 radical (unpaired) electrons. The molecular weight excluding hydrogens is 300 g/mol. The number of alkyl carbamates (subject to hydrolysis) is 2. The molecule has 2 amide bonds. The largest absolute Gasteiger partial charge is 0.445 e. The van der Waals surface area contributed by atoms with Crippen molar-refractivity contribution in [3.05, 3.63) is 35.9 Å². The molecule has 0 aromatic heterocycles. The molecular formula is C16H24N2O5. The van der Waals surface area contributed by atoms with E-state index in [9.17, 15) is 14.7 Å². The van der Waals surface area contributed by atoms with Crippen molar-refractivity contribution in [3.8, 4) is 0 Å². The van der Waals surface area contributed by atoms with Crippen LogP contribution in [-0.2, 0) is 16.1 Å². The summed E-state index contributed by atoms with van der Waals surface area (Å²) in [5.74, 6) is 0. The topological polar surface area (TPSA) is 96.9 Å². The number of amides is 2. The van der Waals surface area contributed by atoms with Crippen LogP contribution in [0.2, 0.25) is 0 Å². The molecule has 7 nitrogen and oxygen atoms in total. The second-order valence-corrected chi connectivity index (χ2v) is 5.98. The zero-order valence-corrected chi connectivity index (χ0v) is 13.7. The normalized spacial score (nSPS) is 12.2. The van der Waals surface area contributed by atoms with Crippen molar-refractivity contribution in [2.75, 3.05) is 13.1 Å². The number of aliphatic hydroxyl groups is 1. The van der Waals surface area contributed by atoms with Crippen molar-refractivity contribution >= 4 is 12.2 Å². The van der Waals surface area contributed by atoms with Crippen LogP contribution in [0.25, 0.3) is 0 Å². The Morgan fingerprint density at radius 2 is 1.65 bits per heavy atom. The Bertz CT molecular complexity index is 499. The lowest BCUT2D eigenvalue weighted by molar-refractivity contribution is 0.0492. The molecule has 0 spiro atoms. The Balaban J connectivity index is 2.16. The summed E-state index contributed by atoms with van der Waals surface area (Å²) in [4.78, 5) is 22.9. The zero-order valence-electron chi connectivity index (χ0n) is 13.7. The van der Waals surface area contributed by atoms with Crippen molar-refractivity contribution in [2.24, 2.45) is 0 Å². The van der Waals surface area contributed by atoms with E-state index >= 15 is 0 Å².